The number of halogens is 1. The van der Waals surface area contributed by atoms with E-state index in [2.05, 4.69) is 10.0 Å². The summed E-state index contributed by atoms with van der Waals surface area (Å²) >= 11 is 0. The molecule has 6 nitrogen and oxygen atoms in total. The molecule has 0 radical (unpaired) electrons. The first kappa shape index (κ1) is 16.7. The molecule has 0 bridgehead atoms. The van der Waals surface area contributed by atoms with Crippen LogP contribution in [-0.4, -0.2) is 26.6 Å². The summed E-state index contributed by atoms with van der Waals surface area (Å²) in [7, 11) is -3.27. The Bertz CT molecular complexity index is 488. The Balaban J connectivity index is 0.00000289. The van der Waals surface area contributed by atoms with Crippen molar-refractivity contribution in [2.45, 2.75) is 6.92 Å². The summed E-state index contributed by atoms with van der Waals surface area (Å²) in [4.78, 5) is 11.0. The van der Waals surface area contributed by atoms with Gasteiger partial charge in [0.25, 0.3) is 0 Å². The molecule has 4 N–H and O–H groups in total. The van der Waals surface area contributed by atoms with E-state index in [0.717, 1.165) is 0 Å². The van der Waals surface area contributed by atoms with E-state index in [1.807, 2.05) is 0 Å². The average molecular weight is 294 g/mol. The van der Waals surface area contributed by atoms with E-state index in [1.165, 1.54) is 0 Å². The quantitative estimate of drug-likeness (QED) is 0.746. The summed E-state index contributed by atoms with van der Waals surface area (Å²) in [6.07, 6.45) is 0. The van der Waals surface area contributed by atoms with E-state index in [9.17, 15) is 13.2 Å². The lowest BCUT2D eigenvalue weighted by molar-refractivity contribution is -0.114. The summed E-state index contributed by atoms with van der Waals surface area (Å²) in [6, 6.07) is 6.33. The number of amides is 1. The molecule has 1 amide bonds. The van der Waals surface area contributed by atoms with Gasteiger partial charge in [0.05, 0.1) is 12.3 Å². The van der Waals surface area contributed by atoms with E-state index in [1.54, 1.807) is 31.2 Å². The predicted octanol–water partition coefficient (Wildman–Crippen LogP) is 0.767. The maximum absolute atomic E-state index is 11.3. The van der Waals surface area contributed by atoms with Crippen molar-refractivity contribution in [3.05, 3.63) is 24.3 Å². The molecule has 0 aromatic heterocycles. The second-order valence-electron chi connectivity index (χ2n) is 3.34. The van der Waals surface area contributed by atoms with Crippen LogP contribution >= 0.6 is 12.4 Å². The summed E-state index contributed by atoms with van der Waals surface area (Å²) in [6.45, 7) is 1.46. The maximum Gasteiger partial charge on any atom is 0.238 e. The highest BCUT2D eigenvalue weighted by Crippen LogP contribution is 2.14. The molecule has 18 heavy (non-hydrogen) atoms. The fraction of sp³-hybridized carbons (Fsp3) is 0.300. The highest BCUT2D eigenvalue weighted by atomic mass is 35.5. The monoisotopic (exact) mass is 293 g/mol. The largest absolute Gasteiger partial charge is 0.325 e. The Morgan fingerprint density at radius 1 is 1.22 bits per heavy atom. The van der Waals surface area contributed by atoms with Crippen LogP contribution in [0.15, 0.2) is 24.3 Å². The van der Waals surface area contributed by atoms with E-state index in [4.69, 9.17) is 5.73 Å². The molecular weight excluding hydrogens is 278 g/mol. The van der Waals surface area contributed by atoms with Crippen LogP contribution in [0.5, 0.6) is 0 Å². The molecule has 8 heteroatoms. The number of hydrogen-bond acceptors (Lipinski definition) is 4. The van der Waals surface area contributed by atoms with Gasteiger partial charge in [-0.15, -0.1) is 12.4 Å². The van der Waals surface area contributed by atoms with Crippen LogP contribution < -0.4 is 15.8 Å². The Kier molecular flexibility index (Phi) is 6.67. The number of sulfonamides is 1. The fourth-order valence-corrected chi connectivity index (χ4v) is 1.72. The third-order valence-electron chi connectivity index (χ3n) is 2.01. The minimum absolute atomic E-state index is 0. The second-order valence-corrected chi connectivity index (χ2v) is 5.35. The lowest BCUT2D eigenvalue weighted by Crippen LogP contribution is -2.21. The standard InChI is InChI=1S/C10H15N3O3S.ClH/c1-2-17(15,16)13-9-5-3-8(4-6-9)12-10(14)7-11;/h3-6,13H,2,7,11H2,1H3,(H,12,14);1H. The van der Waals surface area contributed by atoms with Crippen molar-refractivity contribution < 1.29 is 13.2 Å². The van der Waals surface area contributed by atoms with Gasteiger partial charge in [-0.25, -0.2) is 8.42 Å². The molecule has 0 unspecified atom stereocenters. The molecule has 1 aromatic rings. The van der Waals surface area contributed by atoms with E-state index in [0.29, 0.717) is 11.4 Å². The Labute approximate surface area is 112 Å². The van der Waals surface area contributed by atoms with Crippen molar-refractivity contribution in [3.63, 3.8) is 0 Å². The van der Waals surface area contributed by atoms with Gasteiger partial charge in [-0.3, -0.25) is 9.52 Å². The van der Waals surface area contributed by atoms with Gasteiger partial charge in [-0.2, -0.15) is 0 Å². The van der Waals surface area contributed by atoms with Gasteiger partial charge in [0.2, 0.25) is 15.9 Å². The summed E-state index contributed by atoms with van der Waals surface area (Å²) < 4.78 is 25.0. The minimum atomic E-state index is -3.27. The summed E-state index contributed by atoms with van der Waals surface area (Å²) in [5.41, 5.74) is 6.17. The van der Waals surface area contributed by atoms with Gasteiger partial charge < -0.3 is 11.1 Å². The third-order valence-corrected chi connectivity index (χ3v) is 3.31. The number of nitrogens with two attached hydrogens (primary N) is 1. The van der Waals surface area contributed by atoms with Crippen LogP contribution in [0.25, 0.3) is 0 Å². The SMILES string of the molecule is CCS(=O)(=O)Nc1ccc(NC(=O)CN)cc1.Cl. The lowest BCUT2D eigenvalue weighted by atomic mass is 10.3. The number of carbonyl (C=O) groups is 1. The summed E-state index contributed by atoms with van der Waals surface area (Å²) in [5.74, 6) is -0.287. The van der Waals surface area contributed by atoms with Gasteiger partial charge in [-0.1, -0.05) is 0 Å². The number of rotatable bonds is 5. The molecule has 0 aliphatic carbocycles. The van der Waals surface area contributed by atoms with Crippen LogP contribution in [-0.2, 0) is 14.8 Å². The molecule has 0 saturated carbocycles. The van der Waals surface area contributed by atoms with Gasteiger partial charge in [0.15, 0.2) is 0 Å². The molecule has 0 saturated heterocycles. The van der Waals surface area contributed by atoms with Crippen LogP contribution in [0.2, 0.25) is 0 Å². The smallest absolute Gasteiger partial charge is 0.238 e. The van der Waals surface area contributed by atoms with Crippen LogP contribution in [0.3, 0.4) is 0 Å². The Morgan fingerprint density at radius 3 is 2.17 bits per heavy atom. The molecular formula is C10H16ClN3O3S. The third kappa shape index (κ3) is 5.35. The molecule has 102 valence electrons. The number of nitrogens with one attached hydrogen (secondary N) is 2. The van der Waals surface area contributed by atoms with Crippen molar-refractivity contribution in [1.29, 1.82) is 0 Å². The van der Waals surface area contributed by atoms with E-state index in [-0.39, 0.29) is 30.6 Å². The average Bonchev–Trinajstić information content (AvgIpc) is 2.31. The van der Waals surface area contributed by atoms with Crippen molar-refractivity contribution in [1.82, 2.24) is 0 Å². The highest BCUT2D eigenvalue weighted by molar-refractivity contribution is 7.92. The molecule has 1 aromatic carbocycles. The molecule has 0 fully saturated rings. The molecule has 0 atom stereocenters. The topological polar surface area (TPSA) is 101 Å². The first-order valence-corrected chi connectivity index (χ1v) is 6.72. The number of benzene rings is 1. The number of hydrogen-bond donors (Lipinski definition) is 3. The molecule has 0 aliphatic rings. The fourth-order valence-electron chi connectivity index (χ4n) is 1.09. The number of anilines is 2. The zero-order chi connectivity index (χ0) is 12.9. The van der Waals surface area contributed by atoms with E-state index >= 15 is 0 Å². The van der Waals surface area contributed by atoms with Crippen molar-refractivity contribution in [2.75, 3.05) is 22.3 Å². The normalized spacial score (nSPS) is 10.3. The number of carbonyl (C=O) groups excluding carboxylic acids is 1. The van der Waals surface area contributed by atoms with Crippen LogP contribution in [0, 0.1) is 0 Å². The van der Waals surface area contributed by atoms with Crippen molar-refractivity contribution >= 4 is 39.7 Å². The van der Waals surface area contributed by atoms with Crippen molar-refractivity contribution in [3.8, 4) is 0 Å². The van der Waals surface area contributed by atoms with Crippen molar-refractivity contribution in [2.24, 2.45) is 5.73 Å². The first-order valence-electron chi connectivity index (χ1n) is 5.07. The van der Waals surface area contributed by atoms with Gasteiger partial charge in [-0.05, 0) is 31.2 Å². The lowest BCUT2D eigenvalue weighted by Gasteiger charge is -2.07. The zero-order valence-electron chi connectivity index (χ0n) is 9.84. The Morgan fingerprint density at radius 2 is 1.72 bits per heavy atom. The highest BCUT2D eigenvalue weighted by Gasteiger charge is 2.06. The van der Waals surface area contributed by atoms with Gasteiger partial charge in [0, 0.05) is 11.4 Å². The van der Waals surface area contributed by atoms with Gasteiger partial charge in [0.1, 0.15) is 0 Å². The van der Waals surface area contributed by atoms with Crippen LogP contribution in [0.1, 0.15) is 6.92 Å². The first-order chi connectivity index (χ1) is 7.96. The molecule has 0 heterocycles. The molecule has 0 aliphatic heterocycles. The maximum atomic E-state index is 11.3. The predicted molar refractivity (Wildman–Crippen MR) is 74.5 cm³/mol. The molecule has 1 rings (SSSR count). The minimum Gasteiger partial charge on any atom is -0.325 e. The van der Waals surface area contributed by atoms with E-state index < -0.39 is 10.0 Å². The zero-order valence-corrected chi connectivity index (χ0v) is 11.5. The van der Waals surface area contributed by atoms with Crippen LogP contribution in [0.4, 0.5) is 11.4 Å². The van der Waals surface area contributed by atoms with Gasteiger partial charge >= 0.3 is 0 Å². The second kappa shape index (κ2) is 7.20. The molecule has 0 spiro atoms. The summed E-state index contributed by atoms with van der Waals surface area (Å²) in [5, 5.41) is 2.55. The Hall–Kier alpha value is -1.31.